The summed E-state index contributed by atoms with van der Waals surface area (Å²) in [7, 11) is 4.62. The van der Waals surface area contributed by atoms with E-state index in [2.05, 4.69) is 29.7 Å². The number of amides is 1. The molecule has 2 aromatic carbocycles. The molecule has 0 fully saturated rings. The maximum atomic E-state index is 12.2. The van der Waals surface area contributed by atoms with Crippen molar-refractivity contribution in [1.82, 2.24) is 5.32 Å². The van der Waals surface area contributed by atoms with Gasteiger partial charge in [0.1, 0.15) is 0 Å². The molecule has 0 spiro atoms. The number of benzene rings is 2. The van der Waals surface area contributed by atoms with E-state index in [0.717, 1.165) is 0 Å². The normalized spacial score (nSPS) is 11.5. The molecule has 6 heteroatoms. The van der Waals surface area contributed by atoms with Gasteiger partial charge in [0.05, 0.1) is 21.3 Å². The highest BCUT2D eigenvalue weighted by Crippen LogP contribution is 2.39. The zero-order valence-electron chi connectivity index (χ0n) is 15.7. The van der Waals surface area contributed by atoms with E-state index < -0.39 is 0 Å². The Bertz CT molecular complexity index is 694. The van der Waals surface area contributed by atoms with Crippen molar-refractivity contribution in [3.05, 3.63) is 48.0 Å². The molecule has 0 aliphatic carbocycles. The largest absolute Gasteiger partial charge is 0.493 e. The molecule has 1 unspecified atom stereocenters. The van der Waals surface area contributed by atoms with Gasteiger partial charge in [0.15, 0.2) is 11.5 Å². The van der Waals surface area contributed by atoms with Crippen LogP contribution < -0.4 is 24.8 Å². The summed E-state index contributed by atoms with van der Waals surface area (Å²) >= 11 is 0. The first kappa shape index (κ1) is 19.6. The fourth-order valence-electron chi connectivity index (χ4n) is 2.64. The van der Waals surface area contributed by atoms with Crippen LogP contribution in [0, 0.1) is 0 Å². The maximum Gasteiger partial charge on any atom is 0.225 e. The minimum atomic E-state index is -0.0907. The third-order valence-electron chi connectivity index (χ3n) is 4.05. The molecular formula is C20H26N2O4. The first-order chi connectivity index (χ1) is 12.6. The SMILES string of the molecule is COc1cc(NC(=O)CCNC(C)c2ccccc2)cc(OC)c1OC. The molecule has 0 saturated heterocycles. The van der Waals surface area contributed by atoms with Crippen LogP contribution in [0.2, 0.25) is 0 Å². The molecular weight excluding hydrogens is 332 g/mol. The van der Waals surface area contributed by atoms with Crippen LogP contribution >= 0.6 is 0 Å². The summed E-state index contributed by atoms with van der Waals surface area (Å²) < 4.78 is 15.9. The van der Waals surface area contributed by atoms with E-state index in [1.807, 2.05) is 18.2 Å². The number of hydrogen-bond donors (Lipinski definition) is 2. The van der Waals surface area contributed by atoms with Crippen molar-refractivity contribution in [1.29, 1.82) is 0 Å². The van der Waals surface area contributed by atoms with Gasteiger partial charge in [-0.25, -0.2) is 0 Å². The Kier molecular flexibility index (Phi) is 7.29. The predicted octanol–water partition coefficient (Wildman–Crippen LogP) is 3.39. The Morgan fingerprint density at radius 3 is 2.15 bits per heavy atom. The van der Waals surface area contributed by atoms with Crippen molar-refractivity contribution in [3.8, 4) is 17.2 Å². The van der Waals surface area contributed by atoms with E-state index in [1.54, 1.807) is 12.1 Å². The Balaban J connectivity index is 1.91. The molecule has 0 aromatic heterocycles. The lowest BCUT2D eigenvalue weighted by atomic mass is 10.1. The molecule has 2 rings (SSSR count). The van der Waals surface area contributed by atoms with E-state index in [9.17, 15) is 4.79 Å². The summed E-state index contributed by atoms with van der Waals surface area (Å²) in [6.07, 6.45) is 0.355. The number of ether oxygens (including phenoxy) is 3. The number of methoxy groups -OCH3 is 3. The van der Waals surface area contributed by atoms with E-state index in [-0.39, 0.29) is 11.9 Å². The smallest absolute Gasteiger partial charge is 0.225 e. The third-order valence-corrected chi connectivity index (χ3v) is 4.05. The van der Waals surface area contributed by atoms with E-state index >= 15 is 0 Å². The molecule has 140 valence electrons. The number of anilines is 1. The Labute approximate surface area is 154 Å². The van der Waals surface area contributed by atoms with Crippen LogP contribution in [0.15, 0.2) is 42.5 Å². The van der Waals surface area contributed by atoms with Gasteiger partial charge in [-0.05, 0) is 12.5 Å². The standard InChI is InChI=1S/C20H26N2O4/c1-14(15-8-6-5-7-9-15)21-11-10-19(23)22-16-12-17(24-2)20(26-4)18(13-16)25-3/h5-9,12-14,21H,10-11H2,1-4H3,(H,22,23). The maximum absolute atomic E-state index is 12.2. The molecule has 1 amide bonds. The van der Waals surface area contributed by atoms with Crippen molar-refractivity contribution < 1.29 is 19.0 Å². The van der Waals surface area contributed by atoms with Crippen LogP contribution in [0.5, 0.6) is 17.2 Å². The minimum absolute atomic E-state index is 0.0907. The summed E-state index contributed by atoms with van der Waals surface area (Å²) in [5.74, 6) is 1.40. The highest BCUT2D eigenvalue weighted by atomic mass is 16.5. The second-order valence-electron chi connectivity index (χ2n) is 5.80. The molecule has 0 aliphatic rings. The number of carbonyl (C=O) groups is 1. The molecule has 0 aliphatic heterocycles. The van der Waals surface area contributed by atoms with E-state index in [1.165, 1.54) is 26.9 Å². The van der Waals surface area contributed by atoms with Gasteiger partial charge in [0, 0.05) is 36.8 Å². The van der Waals surface area contributed by atoms with Crippen molar-refractivity contribution >= 4 is 11.6 Å². The summed E-state index contributed by atoms with van der Waals surface area (Å²) in [5.41, 5.74) is 1.79. The first-order valence-electron chi connectivity index (χ1n) is 8.47. The Morgan fingerprint density at radius 1 is 1.00 bits per heavy atom. The van der Waals surface area contributed by atoms with Crippen LogP contribution in [0.3, 0.4) is 0 Å². The van der Waals surface area contributed by atoms with Crippen molar-refractivity contribution in [2.24, 2.45) is 0 Å². The second kappa shape index (κ2) is 9.68. The monoisotopic (exact) mass is 358 g/mol. The highest BCUT2D eigenvalue weighted by molar-refractivity contribution is 5.91. The Hall–Kier alpha value is -2.73. The molecule has 6 nitrogen and oxygen atoms in total. The number of nitrogens with one attached hydrogen (secondary N) is 2. The molecule has 1 atom stereocenters. The molecule has 2 aromatic rings. The number of carbonyl (C=O) groups excluding carboxylic acids is 1. The van der Waals surface area contributed by atoms with Gasteiger partial charge in [0.2, 0.25) is 11.7 Å². The summed E-state index contributed by atoms with van der Waals surface area (Å²) in [6.45, 7) is 2.65. The van der Waals surface area contributed by atoms with E-state index in [0.29, 0.717) is 35.9 Å². The predicted molar refractivity (Wildman–Crippen MR) is 102 cm³/mol. The van der Waals surface area contributed by atoms with Gasteiger partial charge < -0.3 is 24.8 Å². The lowest BCUT2D eigenvalue weighted by Crippen LogP contribution is -2.24. The fraction of sp³-hybridized carbons (Fsp3) is 0.350. The van der Waals surface area contributed by atoms with Crippen LogP contribution in [0.1, 0.15) is 24.9 Å². The summed E-state index contributed by atoms with van der Waals surface area (Å²) in [4.78, 5) is 12.2. The Morgan fingerprint density at radius 2 is 1.62 bits per heavy atom. The first-order valence-corrected chi connectivity index (χ1v) is 8.47. The number of hydrogen-bond acceptors (Lipinski definition) is 5. The zero-order valence-corrected chi connectivity index (χ0v) is 15.7. The summed E-state index contributed by atoms with van der Waals surface area (Å²) in [6, 6.07) is 13.7. The summed E-state index contributed by atoms with van der Waals surface area (Å²) in [5, 5.41) is 6.21. The molecule has 0 radical (unpaired) electrons. The van der Waals surface area contributed by atoms with Gasteiger partial charge in [-0.3, -0.25) is 4.79 Å². The average molecular weight is 358 g/mol. The van der Waals surface area contributed by atoms with Crippen molar-refractivity contribution in [2.45, 2.75) is 19.4 Å². The molecule has 2 N–H and O–H groups in total. The molecule has 26 heavy (non-hydrogen) atoms. The second-order valence-corrected chi connectivity index (χ2v) is 5.80. The van der Waals surface area contributed by atoms with Crippen LogP contribution in [-0.2, 0) is 4.79 Å². The lowest BCUT2D eigenvalue weighted by molar-refractivity contribution is -0.116. The minimum Gasteiger partial charge on any atom is -0.493 e. The van der Waals surface area contributed by atoms with Crippen LogP contribution in [0.25, 0.3) is 0 Å². The van der Waals surface area contributed by atoms with Crippen LogP contribution in [-0.4, -0.2) is 33.8 Å². The molecule has 0 heterocycles. The van der Waals surface area contributed by atoms with Gasteiger partial charge >= 0.3 is 0 Å². The lowest BCUT2D eigenvalue weighted by Gasteiger charge is -2.15. The van der Waals surface area contributed by atoms with Gasteiger partial charge in [-0.2, -0.15) is 0 Å². The quantitative estimate of drug-likeness (QED) is 0.719. The van der Waals surface area contributed by atoms with Crippen LogP contribution in [0.4, 0.5) is 5.69 Å². The third kappa shape index (κ3) is 5.13. The van der Waals surface area contributed by atoms with Crippen molar-refractivity contribution in [3.63, 3.8) is 0 Å². The van der Waals surface area contributed by atoms with E-state index in [4.69, 9.17) is 14.2 Å². The van der Waals surface area contributed by atoms with Gasteiger partial charge in [-0.15, -0.1) is 0 Å². The zero-order chi connectivity index (χ0) is 18.9. The molecule has 0 saturated carbocycles. The topological polar surface area (TPSA) is 68.8 Å². The highest BCUT2D eigenvalue weighted by Gasteiger charge is 2.14. The van der Waals surface area contributed by atoms with Gasteiger partial charge in [0.25, 0.3) is 0 Å². The fourth-order valence-corrected chi connectivity index (χ4v) is 2.64. The van der Waals surface area contributed by atoms with Gasteiger partial charge in [-0.1, -0.05) is 30.3 Å². The molecule has 0 bridgehead atoms. The average Bonchev–Trinajstić information content (AvgIpc) is 2.67. The number of rotatable bonds is 9. The van der Waals surface area contributed by atoms with Crippen molar-refractivity contribution in [2.75, 3.05) is 33.2 Å².